The van der Waals surface area contributed by atoms with Gasteiger partial charge in [0.1, 0.15) is 0 Å². The second kappa shape index (κ2) is 4.09. The summed E-state index contributed by atoms with van der Waals surface area (Å²) >= 11 is 0. The molecule has 0 saturated carbocycles. The van der Waals surface area contributed by atoms with Crippen LogP contribution in [-0.4, -0.2) is 13.2 Å². The highest BCUT2D eigenvalue weighted by molar-refractivity contribution is 7.96. The average molecular weight is 202 g/mol. The molecule has 0 N–H and O–H groups in total. The van der Waals surface area contributed by atoms with Crippen LogP contribution in [0.1, 0.15) is 34.6 Å². The van der Waals surface area contributed by atoms with Crippen LogP contribution >= 0.6 is 0 Å². The Bertz CT molecular complexity index is 313. The fourth-order valence-corrected chi connectivity index (χ4v) is 2.19. The Morgan fingerprint density at radius 2 is 1.62 bits per heavy atom. The van der Waals surface area contributed by atoms with E-state index in [0.717, 1.165) is 0 Å². The van der Waals surface area contributed by atoms with Crippen molar-refractivity contribution in [2.75, 3.05) is 0 Å². The van der Waals surface area contributed by atoms with Gasteiger partial charge in [0.25, 0.3) is 0 Å². The summed E-state index contributed by atoms with van der Waals surface area (Å²) in [5, 5.41) is 0. The molecule has 0 aromatic heterocycles. The molecular formula is C10H18O2S. The topological polar surface area (TPSA) is 34.1 Å². The summed E-state index contributed by atoms with van der Waals surface area (Å²) in [4.78, 5) is 0.391. The molecule has 0 fully saturated rings. The maximum Gasteiger partial charge on any atom is 0.182 e. The Morgan fingerprint density at radius 3 is 1.85 bits per heavy atom. The Morgan fingerprint density at radius 1 is 1.15 bits per heavy atom. The summed E-state index contributed by atoms with van der Waals surface area (Å²) in [6.45, 7) is 8.65. The fourth-order valence-electron chi connectivity index (χ4n) is 0.859. The SMILES string of the molecule is C/C=C\C(=C/C)S(=O)(=O)C(C)(C)C. The molecule has 0 rings (SSSR count). The van der Waals surface area contributed by atoms with Gasteiger partial charge < -0.3 is 0 Å². The molecule has 2 nitrogen and oxygen atoms in total. The van der Waals surface area contributed by atoms with E-state index in [9.17, 15) is 8.42 Å². The van der Waals surface area contributed by atoms with Crippen LogP contribution in [0.2, 0.25) is 0 Å². The summed E-state index contributed by atoms with van der Waals surface area (Å²) < 4.78 is 23.0. The highest BCUT2D eigenvalue weighted by Gasteiger charge is 2.30. The Balaban J connectivity index is 5.30. The number of rotatable bonds is 2. The van der Waals surface area contributed by atoms with Gasteiger partial charge in [-0.2, -0.15) is 0 Å². The van der Waals surface area contributed by atoms with E-state index in [1.807, 2.05) is 6.92 Å². The molecule has 0 unspecified atom stereocenters. The number of sulfone groups is 1. The molecule has 0 heterocycles. The monoisotopic (exact) mass is 202 g/mol. The summed E-state index contributed by atoms with van der Waals surface area (Å²) in [7, 11) is -3.18. The first-order chi connectivity index (χ1) is 5.77. The molecule has 76 valence electrons. The molecule has 0 amide bonds. The lowest BCUT2D eigenvalue weighted by molar-refractivity contribution is 0.568. The van der Waals surface area contributed by atoms with Crippen molar-refractivity contribution < 1.29 is 8.42 Å². The third-order valence-corrected chi connectivity index (χ3v) is 4.34. The van der Waals surface area contributed by atoms with Crippen molar-refractivity contribution in [3.8, 4) is 0 Å². The molecule has 0 atom stereocenters. The maximum atomic E-state index is 11.9. The lowest BCUT2D eigenvalue weighted by Gasteiger charge is -2.19. The van der Waals surface area contributed by atoms with Crippen molar-refractivity contribution in [1.29, 1.82) is 0 Å². The number of allylic oxidation sites excluding steroid dienone is 3. The van der Waals surface area contributed by atoms with Gasteiger partial charge in [0.2, 0.25) is 0 Å². The van der Waals surface area contributed by atoms with Crippen LogP contribution in [0.25, 0.3) is 0 Å². The van der Waals surface area contributed by atoms with Gasteiger partial charge in [-0.05, 0) is 40.7 Å². The van der Waals surface area contributed by atoms with E-state index in [0.29, 0.717) is 4.91 Å². The maximum absolute atomic E-state index is 11.9. The van der Waals surface area contributed by atoms with Crippen LogP contribution in [0, 0.1) is 0 Å². The zero-order chi connectivity index (χ0) is 10.7. The fraction of sp³-hybridized carbons (Fsp3) is 0.600. The first-order valence-corrected chi connectivity index (χ1v) is 5.79. The van der Waals surface area contributed by atoms with E-state index >= 15 is 0 Å². The van der Waals surface area contributed by atoms with Crippen LogP contribution in [0.4, 0.5) is 0 Å². The van der Waals surface area contributed by atoms with Crippen LogP contribution in [0.5, 0.6) is 0 Å². The quantitative estimate of drug-likeness (QED) is 0.645. The van der Waals surface area contributed by atoms with Crippen molar-refractivity contribution >= 4 is 9.84 Å². The second-order valence-corrected chi connectivity index (χ2v) is 6.51. The predicted molar refractivity (Wildman–Crippen MR) is 57.2 cm³/mol. The van der Waals surface area contributed by atoms with E-state index in [2.05, 4.69) is 0 Å². The molecule has 0 spiro atoms. The first-order valence-electron chi connectivity index (χ1n) is 4.31. The molecule has 0 radical (unpaired) electrons. The molecule has 0 aromatic carbocycles. The molecule has 0 aromatic rings. The third kappa shape index (κ3) is 2.69. The smallest absolute Gasteiger partial charge is 0.182 e. The van der Waals surface area contributed by atoms with Crippen molar-refractivity contribution in [2.45, 2.75) is 39.4 Å². The van der Waals surface area contributed by atoms with Crippen molar-refractivity contribution in [2.24, 2.45) is 0 Å². The van der Waals surface area contributed by atoms with E-state index in [-0.39, 0.29) is 0 Å². The Kier molecular flexibility index (Phi) is 3.91. The first kappa shape index (κ1) is 12.4. The van der Waals surface area contributed by atoms with E-state index in [1.54, 1.807) is 45.9 Å². The van der Waals surface area contributed by atoms with Crippen LogP contribution in [-0.2, 0) is 9.84 Å². The summed E-state index contributed by atoms with van der Waals surface area (Å²) in [6.07, 6.45) is 4.99. The lowest BCUT2D eigenvalue weighted by atomic mass is 10.3. The number of hydrogen-bond donors (Lipinski definition) is 0. The van der Waals surface area contributed by atoms with E-state index in [4.69, 9.17) is 0 Å². The molecule has 0 saturated heterocycles. The Labute approximate surface area is 81.3 Å². The van der Waals surface area contributed by atoms with Crippen LogP contribution in [0.15, 0.2) is 23.1 Å². The third-order valence-electron chi connectivity index (χ3n) is 1.73. The standard InChI is InChI=1S/C10H18O2S/c1-6-8-9(7-2)13(11,12)10(3,4)5/h6-8H,1-5H3/b8-6-,9-7+. The van der Waals surface area contributed by atoms with Crippen molar-refractivity contribution in [1.82, 2.24) is 0 Å². The summed E-state index contributed by atoms with van der Waals surface area (Å²) in [5.41, 5.74) is 0. The highest BCUT2D eigenvalue weighted by atomic mass is 32.2. The number of hydrogen-bond acceptors (Lipinski definition) is 2. The van der Waals surface area contributed by atoms with Gasteiger partial charge in [0.15, 0.2) is 9.84 Å². The van der Waals surface area contributed by atoms with E-state index < -0.39 is 14.6 Å². The molecule has 0 aliphatic carbocycles. The molecule has 13 heavy (non-hydrogen) atoms. The minimum atomic E-state index is -3.18. The Hall–Kier alpha value is -0.570. The molecule has 0 aliphatic rings. The van der Waals surface area contributed by atoms with Gasteiger partial charge in [-0.15, -0.1) is 0 Å². The zero-order valence-corrected chi connectivity index (χ0v) is 9.77. The van der Waals surface area contributed by atoms with Gasteiger partial charge in [-0.25, -0.2) is 8.42 Å². The largest absolute Gasteiger partial charge is 0.223 e. The van der Waals surface area contributed by atoms with Gasteiger partial charge in [-0.3, -0.25) is 0 Å². The van der Waals surface area contributed by atoms with Crippen molar-refractivity contribution in [3.63, 3.8) is 0 Å². The van der Waals surface area contributed by atoms with Gasteiger partial charge in [0, 0.05) is 0 Å². The molecular weight excluding hydrogens is 184 g/mol. The van der Waals surface area contributed by atoms with Crippen LogP contribution < -0.4 is 0 Å². The highest BCUT2D eigenvalue weighted by Crippen LogP contribution is 2.24. The molecule has 0 bridgehead atoms. The normalized spacial score (nSPS) is 15.3. The zero-order valence-electron chi connectivity index (χ0n) is 8.96. The van der Waals surface area contributed by atoms with Gasteiger partial charge in [0.05, 0.1) is 9.65 Å². The summed E-state index contributed by atoms with van der Waals surface area (Å²) in [5.74, 6) is 0. The molecule has 0 aliphatic heterocycles. The van der Waals surface area contributed by atoms with Gasteiger partial charge >= 0.3 is 0 Å². The minimum absolute atomic E-state index is 0.391. The van der Waals surface area contributed by atoms with Crippen molar-refractivity contribution in [3.05, 3.63) is 23.1 Å². The predicted octanol–water partition coefficient (Wildman–Crippen LogP) is 2.68. The average Bonchev–Trinajstić information content (AvgIpc) is 1.97. The minimum Gasteiger partial charge on any atom is -0.223 e. The van der Waals surface area contributed by atoms with E-state index in [1.165, 1.54) is 0 Å². The molecule has 3 heteroatoms. The summed E-state index contributed by atoms with van der Waals surface area (Å²) in [6, 6.07) is 0. The van der Waals surface area contributed by atoms with Crippen LogP contribution in [0.3, 0.4) is 0 Å². The van der Waals surface area contributed by atoms with Gasteiger partial charge in [-0.1, -0.05) is 12.2 Å². The lowest BCUT2D eigenvalue weighted by Crippen LogP contribution is -2.28. The second-order valence-electron chi connectivity index (χ2n) is 3.81.